The fourth-order valence-corrected chi connectivity index (χ4v) is 1.72. The summed E-state index contributed by atoms with van der Waals surface area (Å²) in [6, 6.07) is 3.73. The zero-order valence-electron chi connectivity index (χ0n) is 10.1. The molecular weight excluding hydrogens is 214 g/mol. The van der Waals surface area contributed by atoms with Crippen LogP contribution in [-0.2, 0) is 13.0 Å². The number of hydrogen-bond donors (Lipinski definition) is 0. The molecule has 0 aliphatic carbocycles. The molecule has 0 bridgehead atoms. The van der Waals surface area contributed by atoms with Crippen molar-refractivity contribution in [2.24, 2.45) is 0 Å². The van der Waals surface area contributed by atoms with E-state index in [0.29, 0.717) is 12.1 Å². The summed E-state index contributed by atoms with van der Waals surface area (Å²) in [5.74, 6) is 0.0405. The molecule has 4 heteroatoms. The highest BCUT2D eigenvalue weighted by Crippen LogP contribution is 2.08. The Kier molecular flexibility index (Phi) is 3.32. The Bertz CT molecular complexity index is 531. The molecule has 0 amide bonds. The molecule has 0 atom stereocenters. The first kappa shape index (κ1) is 11.5. The van der Waals surface area contributed by atoms with E-state index in [2.05, 4.69) is 10.1 Å². The van der Waals surface area contributed by atoms with Crippen molar-refractivity contribution in [1.82, 2.24) is 14.8 Å². The van der Waals surface area contributed by atoms with Gasteiger partial charge in [-0.1, -0.05) is 6.07 Å². The van der Waals surface area contributed by atoms with Gasteiger partial charge in [0.2, 0.25) is 0 Å². The predicted molar refractivity (Wildman–Crippen MR) is 64.9 cm³/mol. The van der Waals surface area contributed by atoms with Gasteiger partial charge in [-0.15, -0.1) is 0 Å². The van der Waals surface area contributed by atoms with Crippen LogP contribution in [0.25, 0.3) is 0 Å². The third kappa shape index (κ3) is 2.58. The summed E-state index contributed by atoms with van der Waals surface area (Å²) in [6.07, 6.45) is 5.64. The molecule has 0 fully saturated rings. The van der Waals surface area contributed by atoms with Crippen LogP contribution in [-0.4, -0.2) is 20.5 Å². The van der Waals surface area contributed by atoms with Crippen LogP contribution in [0.4, 0.5) is 0 Å². The molecule has 4 nitrogen and oxygen atoms in total. The minimum Gasteiger partial charge on any atom is -0.292 e. The van der Waals surface area contributed by atoms with Crippen molar-refractivity contribution in [2.45, 2.75) is 26.8 Å². The summed E-state index contributed by atoms with van der Waals surface area (Å²) in [5, 5.41) is 4.15. The van der Waals surface area contributed by atoms with Crippen molar-refractivity contribution >= 4 is 5.78 Å². The Balaban J connectivity index is 2.14. The average molecular weight is 229 g/mol. The smallest absolute Gasteiger partial charge is 0.185 e. The Labute approximate surface area is 100 Å². The second kappa shape index (κ2) is 4.91. The highest BCUT2D eigenvalue weighted by atomic mass is 16.1. The number of carbonyl (C=O) groups is 1. The molecular formula is C13H15N3O. The monoisotopic (exact) mass is 229 g/mol. The molecule has 0 saturated carbocycles. The van der Waals surface area contributed by atoms with Gasteiger partial charge in [0.15, 0.2) is 5.78 Å². The first-order chi connectivity index (χ1) is 8.20. The lowest BCUT2D eigenvalue weighted by Crippen LogP contribution is -2.07. The van der Waals surface area contributed by atoms with Crippen LogP contribution in [0, 0.1) is 6.92 Å². The van der Waals surface area contributed by atoms with Gasteiger partial charge >= 0.3 is 0 Å². The van der Waals surface area contributed by atoms with Crippen molar-refractivity contribution in [3.05, 3.63) is 47.5 Å². The number of pyridine rings is 1. The highest BCUT2D eigenvalue weighted by molar-refractivity contribution is 5.96. The summed E-state index contributed by atoms with van der Waals surface area (Å²) in [4.78, 5) is 16.2. The third-order valence-corrected chi connectivity index (χ3v) is 2.65. The van der Waals surface area contributed by atoms with E-state index in [1.54, 1.807) is 12.4 Å². The largest absolute Gasteiger partial charge is 0.292 e. The van der Waals surface area contributed by atoms with Crippen LogP contribution in [0.1, 0.15) is 28.5 Å². The number of ketones is 1. The van der Waals surface area contributed by atoms with E-state index in [4.69, 9.17) is 0 Å². The number of carbonyl (C=O) groups excluding carboxylic acids is 1. The second-order valence-electron chi connectivity index (χ2n) is 3.97. The number of aryl methyl sites for hydroxylation is 2. The predicted octanol–water partition coefficient (Wildman–Crippen LogP) is 2.03. The number of hydrogen-bond acceptors (Lipinski definition) is 3. The van der Waals surface area contributed by atoms with Gasteiger partial charge in [0.1, 0.15) is 5.69 Å². The topological polar surface area (TPSA) is 47.8 Å². The fraction of sp³-hybridized carbons (Fsp3) is 0.308. The van der Waals surface area contributed by atoms with Gasteiger partial charge < -0.3 is 0 Å². The lowest BCUT2D eigenvalue weighted by atomic mass is 10.1. The number of rotatable bonds is 4. The molecule has 0 spiro atoms. The summed E-state index contributed by atoms with van der Waals surface area (Å²) >= 11 is 0. The van der Waals surface area contributed by atoms with Crippen LogP contribution in [0.2, 0.25) is 0 Å². The maximum atomic E-state index is 12.0. The Morgan fingerprint density at radius 3 is 2.94 bits per heavy atom. The molecule has 0 radical (unpaired) electrons. The van der Waals surface area contributed by atoms with Gasteiger partial charge in [-0.05, 0) is 31.0 Å². The van der Waals surface area contributed by atoms with Crippen LogP contribution in [0.15, 0.2) is 30.7 Å². The SMILES string of the molecule is CCn1cc(CC(=O)c2ncccc2C)cn1. The van der Waals surface area contributed by atoms with Gasteiger partial charge in [0.05, 0.1) is 6.20 Å². The molecule has 17 heavy (non-hydrogen) atoms. The first-order valence-electron chi connectivity index (χ1n) is 5.67. The number of aromatic nitrogens is 3. The standard InChI is InChI=1S/C13H15N3O/c1-3-16-9-11(8-15-16)7-12(17)13-10(2)5-4-6-14-13/h4-6,8-9H,3,7H2,1-2H3. The van der Waals surface area contributed by atoms with E-state index >= 15 is 0 Å². The van der Waals surface area contributed by atoms with Crippen LogP contribution in [0.5, 0.6) is 0 Å². The Morgan fingerprint density at radius 1 is 1.47 bits per heavy atom. The summed E-state index contributed by atoms with van der Waals surface area (Å²) in [7, 11) is 0. The van der Waals surface area contributed by atoms with Crippen molar-refractivity contribution in [3.63, 3.8) is 0 Å². The molecule has 88 valence electrons. The normalized spacial score (nSPS) is 10.5. The molecule has 0 saturated heterocycles. The third-order valence-electron chi connectivity index (χ3n) is 2.65. The lowest BCUT2D eigenvalue weighted by Gasteiger charge is -2.01. The summed E-state index contributed by atoms with van der Waals surface area (Å²) in [5.41, 5.74) is 2.40. The van der Waals surface area contributed by atoms with E-state index in [1.807, 2.05) is 36.9 Å². The summed E-state index contributed by atoms with van der Waals surface area (Å²) in [6.45, 7) is 4.73. The molecule has 2 aromatic heterocycles. The average Bonchev–Trinajstić information content (AvgIpc) is 2.77. The first-order valence-corrected chi connectivity index (χ1v) is 5.67. The zero-order valence-corrected chi connectivity index (χ0v) is 10.1. The van der Waals surface area contributed by atoms with Gasteiger partial charge in [-0.2, -0.15) is 5.10 Å². The molecule has 0 aromatic carbocycles. The Morgan fingerprint density at radius 2 is 2.29 bits per heavy atom. The van der Waals surface area contributed by atoms with Gasteiger partial charge in [0.25, 0.3) is 0 Å². The quantitative estimate of drug-likeness (QED) is 0.754. The van der Waals surface area contributed by atoms with Crippen LogP contribution < -0.4 is 0 Å². The highest BCUT2D eigenvalue weighted by Gasteiger charge is 2.11. The molecule has 2 heterocycles. The van der Waals surface area contributed by atoms with E-state index in [-0.39, 0.29) is 5.78 Å². The molecule has 0 aliphatic heterocycles. The van der Waals surface area contributed by atoms with Gasteiger partial charge in [-0.25, -0.2) is 0 Å². The minimum atomic E-state index is 0.0405. The Hall–Kier alpha value is -1.97. The number of Topliss-reactive ketones (excluding diaryl/α,β-unsaturated/α-hetero) is 1. The van der Waals surface area contributed by atoms with Crippen molar-refractivity contribution in [1.29, 1.82) is 0 Å². The van der Waals surface area contributed by atoms with Crippen molar-refractivity contribution < 1.29 is 4.79 Å². The van der Waals surface area contributed by atoms with E-state index < -0.39 is 0 Å². The second-order valence-corrected chi connectivity index (χ2v) is 3.97. The van der Waals surface area contributed by atoms with E-state index in [0.717, 1.165) is 17.7 Å². The number of nitrogens with zero attached hydrogens (tertiary/aromatic N) is 3. The summed E-state index contributed by atoms with van der Waals surface area (Å²) < 4.78 is 1.81. The molecule has 2 aromatic rings. The molecule has 2 rings (SSSR count). The van der Waals surface area contributed by atoms with E-state index in [9.17, 15) is 4.79 Å². The van der Waals surface area contributed by atoms with Crippen LogP contribution in [0.3, 0.4) is 0 Å². The van der Waals surface area contributed by atoms with Crippen molar-refractivity contribution in [2.75, 3.05) is 0 Å². The fourth-order valence-electron chi connectivity index (χ4n) is 1.72. The lowest BCUT2D eigenvalue weighted by molar-refractivity contribution is 0.0987. The minimum absolute atomic E-state index is 0.0405. The molecule has 0 unspecified atom stereocenters. The maximum Gasteiger partial charge on any atom is 0.185 e. The molecule has 0 N–H and O–H groups in total. The van der Waals surface area contributed by atoms with Crippen LogP contribution >= 0.6 is 0 Å². The zero-order chi connectivity index (χ0) is 12.3. The molecule has 0 aliphatic rings. The van der Waals surface area contributed by atoms with Crippen molar-refractivity contribution in [3.8, 4) is 0 Å². The van der Waals surface area contributed by atoms with Gasteiger partial charge in [0, 0.05) is 25.4 Å². The maximum absolute atomic E-state index is 12.0. The van der Waals surface area contributed by atoms with E-state index in [1.165, 1.54) is 0 Å². The van der Waals surface area contributed by atoms with Gasteiger partial charge in [-0.3, -0.25) is 14.5 Å².